The van der Waals surface area contributed by atoms with Gasteiger partial charge in [0.2, 0.25) is 0 Å². The SMILES string of the molecule is Cc1cc(C(Cc2ccc(F)cc2Cl)NN)ccc1F. The van der Waals surface area contributed by atoms with E-state index in [1.54, 1.807) is 25.1 Å². The predicted molar refractivity (Wildman–Crippen MR) is 76.3 cm³/mol. The molecule has 0 fully saturated rings. The van der Waals surface area contributed by atoms with E-state index in [9.17, 15) is 8.78 Å². The first-order valence-corrected chi connectivity index (χ1v) is 6.55. The molecule has 0 amide bonds. The Morgan fingerprint density at radius 2 is 1.95 bits per heavy atom. The van der Waals surface area contributed by atoms with Crippen molar-refractivity contribution in [1.29, 1.82) is 0 Å². The van der Waals surface area contributed by atoms with Gasteiger partial charge in [-0.2, -0.15) is 0 Å². The molecular formula is C15H15ClF2N2. The van der Waals surface area contributed by atoms with Crippen LogP contribution in [0.15, 0.2) is 36.4 Å². The van der Waals surface area contributed by atoms with Crippen LogP contribution in [0.4, 0.5) is 8.78 Å². The largest absolute Gasteiger partial charge is 0.271 e. The van der Waals surface area contributed by atoms with Gasteiger partial charge in [-0.3, -0.25) is 11.3 Å². The van der Waals surface area contributed by atoms with Crippen molar-refractivity contribution < 1.29 is 8.78 Å². The second-order valence-corrected chi connectivity index (χ2v) is 5.07. The fourth-order valence-corrected chi connectivity index (χ4v) is 2.31. The van der Waals surface area contributed by atoms with Crippen molar-refractivity contribution in [2.24, 2.45) is 5.84 Å². The maximum absolute atomic E-state index is 13.3. The standard InChI is InChI=1S/C15H15ClF2N2/c1-9-6-11(3-5-14(9)18)15(20-19)7-10-2-4-12(17)8-13(10)16/h2-6,8,15,20H,7,19H2,1H3. The summed E-state index contributed by atoms with van der Waals surface area (Å²) in [5.74, 6) is 4.92. The van der Waals surface area contributed by atoms with Crippen LogP contribution in [0.5, 0.6) is 0 Å². The fourth-order valence-electron chi connectivity index (χ4n) is 2.06. The number of hydrogen-bond acceptors (Lipinski definition) is 2. The minimum absolute atomic E-state index is 0.225. The topological polar surface area (TPSA) is 38.0 Å². The maximum Gasteiger partial charge on any atom is 0.126 e. The molecule has 2 rings (SSSR count). The van der Waals surface area contributed by atoms with Gasteiger partial charge >= 0.3 is 0 Å². The first-order valence-electron chi connectivity index (χ1n) is 6.17. The van der Waals surface area contributed by atoms with Crippen LogP contribution >= 0.6 is 11.6 Å². The molecule has 0 aromatic heterocycles. The molecule has 0 aliphatic carbocycles. The molecule has 5 heteroatoms. The van der Waals surface area contributed by atoms with E-state index >= 15 is 0 Å². The summed E-state index contributed by atoms with van der Waals surface area (Å²) >= 11 is 6.01. The average molecular weight is 297 g/mol. The van der Waals surface area contributed by atoms with Crippen LogP contribution in [0.3, 0.4) is 0 Å². The smallest absolute Gasteiger partial charge is 0.126 e. The molecule has 0 spiro atoms. The molecule has 0 saturated heterocycles. The van der Waals surface area contributed by atoms with E-state index in [1.165, 1.54) is 18.2 Å². The zero-order valence-electron chi connectivity index (χ0n) is 11.0. The van der Waals surface area contributed by atoms with E-state index < -0.39 is 0 Å². The third-order valence-corrected chi connectivity index (χ3v) is 3.58. The number of hydrazine groups is 1. The molecule has 106 valence electrons. The predicted octanol–water partition coefficient (Wildman–Crippen LogP) is 3.67. The lowest BCUT2D eigenvalue weighted by Crippen LogP contribution is -2.29. The Morgan fingerprint density at radius 3 is 2.55 bits per heavy atom. The fraction of sp³-hybridized carbons (Fsp3) is 0.200. The van der Waals surface area contributed by atoms with E-state index in [4.69, 9.17) is 17.4 Å². The summed E-state index contributed by atoms with van der Waals surface area (Å²) in [6.45, 7) is 1.69. The van der Waals surface area contributed by atoms with E-state index in [1.807, 2.05) is 0 Å². The van der Waals surface area contributed by atoms with Crippen LogP contribution in [0.25, 0.3) is 0 Å². The van der Waals surface area contributed by atoms with Gasteiger partial charge in [0.25, 0.3) is 0 Å². The first kappa shape index (κ1) is 14.9. The highest BCUT2D eigenvalue weighted by Crippen LogP contribution is 2.25. The third kappa shape index (κ3) is 3.33. The van der Waals surface area contributed by atoms with Crippen LogP contribution in [0, 0.1) is 18.6 Å². The Bertz CT molecular complexity index is 617. The summed E-state index contributed by atoms with van der Waals surface area (Å²) in [4.78, 5) is 0. The van der Waals surface area contributed by atoms with Gasteiger partial charge in [-0.1, -0.05) is 29.8 Å². The summed E-state index contributed by atoms with van der Waals surface area (Å²) in [5, 5.41) is 0.351. The van der Waals surface area contributed by atoms with Crippen LogP contribution < -0.4 is 11.3 Å². The van der Waals surface area contributed by atoms with Crippen molar-refractivity contribution in [1.82, 2.24) is 5.43 Å². The van der Waals surface area contributed by atoms with Gasteiger partial charge < -0.3 is 0 Å². The maximum atomic E-state index is 13.3. The van der Waals surface area contributed by atoms with Crippen molar-refractivity contribution in [3.05, 3.63) is 69.7 Å². The normalized spacial score (nSPS) is 12.4. The molecule has 1 unspecified atom stereocenters. The minimum atomic E-state index is -0.381. The first-order chi connectivity index (χ1) is 9.51. The Hall–Kier alpha value is -1.49. The summed E-state index contributed by atoms with van der Waals surface area (Å²) in [6, 6.07) is 8.82. The van der Waals surface area contributed by atoms with Gasteiger partial charge in [0.05, 0.1) is 6.04 Å². The van der Waals surface area contributed by atoms with Crippen LogP contribution in [-0.4, -0.2) is 0 Å². The van der Waals surface area contributed by atoms with E-state index in [0.29, 0.717) is 17.0 Å². The highest BCUT2D eigenvalue weighted by molar-refractivity contribution is 6.31. The monoisotopic (exact) mass is 296 g/mol. The van der Waals surface area contributed by atoms with Crippen LogP contribution in [0.1, 0.15) is 22.7 Å². The number of nitrogens with two attached hydrogens (primary N) is 1. The molecule has 0 bridgehead atoms. The van der Waals surface area contributed by atoms with Crippen molar-refractivity contribution in [2.45, 2.75) is 19.4 Å². The Labute approximate surface area is 121 Å². The number of benzene rings is 2. The van der Waals surface area contributed by atoms with Crippen molar-refractivity contribution in [3.63, 3.8) is 0 Å². The van der Waals surface area contributed by atoms with Gasteiger partial charge in [-0.05, 0) is 48.2 Å². The molecule has 2 aromatic carbocycles. The minimum Gasteiger partial charge on any atom is -0.271 e. The van der Waals surface area contributed by atoms with Gasteiger partial charge in [-0.15, -0.1) is 0 Å². The summed E-state index contributed by atoms with van der Waals surface area (Å²) in [6.07, 6.45) is 0.487. The lowest BCUT2D eigenvalue weighted by atomic mass is 9.98. The molecular weight excluding hydrogens is 282 g/mol. The summed E-state index contributed by atoms with van der Waals surface area (Å²) in [7, 11) is 0. The number of hydrogen-bond donors (Lipinski definition) is 2. The summed E-state index contributed by atoms with van der Waals surface area (Å²) < 4.78 is 26.3. The Kier molecular flexibility index (Phi) is 4.70. The molecule has 0 aliphatic heterocycles. The number of halogens is 3. The molecule has 20 heavy (non-hydrogen) atoms. The van der Waals surface area contributed by atoms with E-state index in [-0.39, 0.29) is 17.7 Å². The average Bonchev–Trinajstić information content (AvgIpc) is 2.41. The summed E-state index contributed by atoms with van der Waals surface area (Å²) in [5.41, 5.74) is 4.86. The molecule has 0 aliphatic rings. The zero-order chi connectivity index (χ0) is 14.7. The molecule has 3 N–H and O–H groups in total. The van der Waals surface area contributed by atoms with Crippen molar-refractivity contribution in [3.8, 4) is 0 Å². The molecule has 1 atom stereocenters. The third-order valence-electron chi connectivity index (χ3n) is 3.22. The van der Waals surface area contributed by atoms with Crippen LogP contribution in [-0.2, 0) is 6.42 Å². The van der Waals surface area contributed by atoms with E-state index in [0.717, 1.165) is 11.1 Å². The number of nitrogens with one attached hydrogen (secondary N) is 1. The van der Waals surface area contributed by atoms with Gasteiger partial charge in [0, 0.05) is 5.02 Å². The molecule has 0 saturated carbocycles. The highest BCUT2D eigenvalue weighted by atomic mass is 35.5. The van der Waals surface area contributed by atoms with Gasteiger partial charge in [0.15, 0.2) is 0 Å². The molecule has 2 nitrogen and oxygen atoms in total. The molecule has 0 heterocycles. The van der Waals surface area contributed by atoms with Gasteiger partial charge in [0.1, 0.15) is 11.6 Å². The second-order valence-electron chi connectivity index (χ2n) is 4.67. The number of aryl methyl sites for hydroxylation is 1. The van der Waals surface area contributed by atoms with Crippen LogP contribution in [0.2, 0.25) is 5.02 Å². The van der Waals surface area contributed by atoms with Gasteiger partial charge in [-0.25, -0.2) is 8.78 Å². The van der Waals surface area contributed by atoms with Crippen molar-refractivity contribution in [2.75, 3.05) is 0 Å². The lowest BCUT2D eigenvalue weighted by Gasteiger charge is -2.18. The Balaban J connectivity index is 2.26. The number of rotatable bonds is 4. The lowest BCUT2D eigenvalue weighted by molar-refractivity contribution is 0.547. The Morgan fingerprint density at radius 1 is 1.20 bits per heavy atom. The molecule has 2 aromatic rings. The highest BCUT2D eigenvalue weighted by Gasteiger charge is 2.14. The quantitative estimate of drug-likeness (QED) is 0.667. The second kappa shape index (κ2) is 6.31. The van der Waals surface area contributed by atoms with Crippen molar-refractivity contribution >= 4 is 11.6 Å². The zero-order valence-corrected chi connectivity index (χ0v) is 11.7. The molecule has 0 radical (unpaired) electrons. The van der Waals surface area contributed by atoms with E-state index in [2.05, 4.69) is 5.43 Å².